The third-order valence-corrected chi connectivity index (χ3v) is 3.34. The van der Waals surface area contributed by atoms with Gasteiger partial charge in [-0.15, -0.1) is 24.0 Å². The van der Waals surface area contributed by atoms with Gasteiger partial charge in [0.1, 0.15) is 0 Å². The summed E-state index contributed by atoms with van der Waals surface area (Å²) in [6.07, 6.45) is 2.29. The van der Waals surface area contributed by atoms with E-state index < -0.39 is 0 Å². The molecule has 1 aromatic heterocycles. The van der Waals surface area contributed by atoms with E-state index in [1.165, 1.54) is 0 Å². The first-order valence-electron chi connectivity index (χ1n) is 7.35. The number of nitrogens with zero attached hydrogens (tertiary/aromatic N) is 3. The molecule has 0 atom stereocenters. The molecule has 8 heteroatoms. The molecule has 0 saturated heterocycles. The van der Waals surface area contributed by atoms with Gasteiger partial charge in [0.2, 0.25) is 5.91 Å². The minimum Gasteiger partial charge on any atom is -0.356 e. The van der Waals surface area contributed by atoms with Crippen molar-refractivity contribution in [3.8, 4) is 0 Å². The molecule has 1 amide bonds. The van der Waals surface area contributed by atoms with Crippen LogP contribution >= 0.6 is 35.6 Å². The van der Waals surface area contributed by atoms with Crippen LogP contribution in [-0.2, 0) is 18.4 Å². The molecule has 132 valence electrons. The maximum atomic E-state index is 11.6. The molecule has 23 heavy (non-hydrogen) atoms. The molecule has 0 fully saturated rings. The van der Waals surface area contributed by atoms with Crippen LogP contribution in [0.2, 0.25) is 5.02 Å². The van der Waals surface area contributed by atoms with Crippen molar-refractivity contribution in [2.75, 3.05) is 20.6 Å². The average molecular weight is 456 g/mol. The summed E-state index contributed by atoms with van der Waals surface area (Å²) in [6, 6.07) is 2.10. The predicted molar refractivity (Wildman–Crippen MR) is 107 cm³/mol. The Morgan fingerprint density at radius 2 is 2.13 bits per heavy atom. The number of nitrogens with one attached hydrogen (secondary N) is 2. The molecule has 1 aromatic rings. The summed E-state index contributed by atoms with van der Waals surface area (Å²) in [4.78, 5) is 17.8. The van der Waals surface area contributed by atoms with Crippen LogP contribution < -0.4 is 10.6 Å². The first-order valence-corrected chi connectivity index (χ1v) is 7.73. The number of rotatable bonds is 6. The summed E-state index contributed by atoms with van der Waals surface area (Å²) in [7, 11) is 5.64. The highest BCUT2D eigenvalue weighted by molar-refractivity contribution is 14.0. The molecule has 0 aliphatic carbocycles. The largest absolute Gasteiger partial charge is 0.356 e. The van der Waals surface area contributed by atoms with Crippen LogP contribution in [0.25, 0.3) is 0 Å². The van der Waals surface area contributed by atoms with Crippen LogP contribution in [0.3, 0.4) is 0 Å². The number of carbonyl (C=O) groups is 1. The Hall–Kier alpha value is -0.960. The highest BCUT2D eigenvalue weighted by Gasteiger charge is 2.10. The Bertz CT molecular complexity index is 530. The lowest BCUT2D eigenvalue weighted by molar-refractivity contribution is -0.121. The maximum Gasteiger partial charge on any atom is 0.221 e. The van der Waals surface area contributed by atoms with Crippen molar-refractivity contribution in [2.24, 2.45) is 12.0 Å². The Kier molecular flexibility index (Phi) is 10.3. The molecule has 1 rings (SSSR count). The lowest BCUT2D eigenvalue weighted by Crippen LogP contribution is -2.41. The van der Waals surface area contributed by atoms with Gasteiger partial charge in [0.15, 0.2) is 5.96 Å². The summed E-state index contributed by atoms with van der Waals surface area (Å²) < 4.78 is 1.99. The molecule has 0 aromatic carbocycles. The Labute approximate surface area is 160 Å². The lowest BCUT2D eigenvalue weighted by Gasteiger charge is -2.22. The average Bonchev–Trinajstić information content (AvgIpc) is 2.72. The molecular weight excluding hydrogens is 429 g/mol. The second-order valence-corrected chi connectivity index (χ2v) is 6.00. The summed E-state index contributed by atoms with van der Waals surface area (Å²) in [5.41, 5.74) is 1.09. The van der Waals surface area contributed by atoms with Gasteiger partial charge in [-0.05, 0) is 19.9 Å². The SMILES string of the molecule is CN=C(NCCC(=O)NC(C)C)N(C)Cc1cc(Cl)cn1C.I. The van der Waals surface area contributed by atoms with E-state index in [0.717, 1.165) is 16.7 Å². The van der Waals surface area contributed by atoms with Gasteiger partial charge < -0.3 is 20.1 Å². The van der Waals surface area contributed by atoms with Crippen molar-refractivity contribution in [1.82, 2.24) is 20.1 Å². The minimum atomic E-state index is 0. The number of aryl methyl sites for hydroxylation is 1. The van der Waals surface area contributed by atoms with Crippen LogP contribution in [-0.4, -0.2) is 48.0 Å². The van der Waals surface area contributed by atoms with Crippen LogP contribution in [0, 0.1) is 0 Å². The topological polar surface area (TPSA) is 61.7 Å². The Balaban J connectivity index is 0.00000484. The van der Waals surface area contributed by atoms with Crippen LogP contribution in [0.4, 0.5) is 0 Å². The van der Waals surface area contributed by atoms with Gasteiger partial charge in [-0.1, -0.05) is 11.6 Å². The van der Waals surface area contributed by atoms with E-state index in [0.29, 0.717) is 19.5 Å². The van der Waals surface area contributed by atoms with Crippen molar-refractivity contribution < 1.29 is 4.79 Å². The standard InChI is InChI=1S/C15H26ClN5O.HI/c1-11(2)19-14(22)6-7-18-15(17-3)21(5)10-13-8-12(16)9-20(13)4;/h8-9,11H,6-7,10H2,1-5H3,(H,17,18)(H,19,22);1H. The van der Waals surface area contributed by atoms with Gasteiger partial charge in [0.25, 0.3) is 0 Å². The van der Waals surface area contributed by atoms with Crippen LogP contribution in [0.5, 0.6) is 0 Å². The fourth-order valence-corrected chi connectivity index (χ4v) is 2.38. The van der Waals surface area contributed by atoms with Gasteiger partial charge in [-0.25, -0.2) is 0 Å². The Morgan fingerprint density at radius 1 is 1.48 bits per heavy atom. The van der Waals surface area contributed by atoms with Gasteiger partial charge in [-0.2, -0.15) is 0 Å². The van der Waals surface area contributed by atoms with Gasteiger partial charge >= 0.3 is 0 Å². The fraction of sp³-hybridized carbons (Fsp3) is 0.600. The van der Waals surface area contributed by atoms with Gasteiger partial charge in [0, 0.05) is 52.0 Å². The fourth-order valence-electron chi connectivity index (χ4n) is 2.11. The first kappa shape index (κ1) is 22.0. The van der Waals surface area contributed by atoms with Gasteiger partial charge in [0.05, 0.1) is 11.6 Å². The first-order chi connectivity index (χ1) is 10.3. The molecule has 0 aliphatic rings. The number of guanidine groups is 1. The summed E-state index contributed by atoms with van der Waals surface area (Å²) >= 11 is 5.99. The summed E-state index contributed by atoms with van der Waals surface area (Å²) in [6.45, 7) is 5.12. The quantitative estimate of drug-likeness (QED) is 0.393. The third kappa shape index (κ3) is 7.92. The second kappa shape index (κ2) is 10.7. The number of aromatic nitrogens is 1. The minimum absolute atomic E-state index is 0. The van der Waals surface area contributed by atoms with E-state index in [9.17, 15) is 4.79 Å². The zero-order valence-corrected chi connectivity index (χ0v) is 17.5. The molecule has 0 bridgehead atoms. The number of hydrogen-bond donors (Lipinski definition) is 2. The van der Waals surface area contributed by atoms with E-state index in [4.69, 9.17) is 11.6 Å². The molecule has 6 nitrogen and oxygen atoms in total. The zero-order chi connectivity index (χ0) is 16.7. The highest BCUT2D eigenvalue weighted by Crippen LogP contribution is 2.14. The molecular formula is C15H27ClIN5O. The van der Waals surface area contributed by atoms with E-state index >= 15 is 0 Å². The van der Waals surface area contributed by atoms with E-state index in [2.05, 4.69) is 15.6 Å². The summed E-state index contributed by atoms with van der Waals surface area (Å²) in [5.74, 6) is 0.782. The van der Waals surface area contributed by atoms with Gasteiger partial charge in [-0.3, -0.25) is 9.79 Å². The second-order valence-electron chi connectivity index (χ2n) is 5.56. The molecule has 0 aliphatic heterocycles. The van der Waals surface area contributed by atoms with Crippen LogP contribution in [0.15, 0.2) is 17.3 Å². The van der Waals surface area contributed by atoms with Crippen molar-refractivity contribution in [1.29, 1.82) is 0 Å². The smallest absolute Gasteiger partial charge is 0.221 e. The third-order valence-electron chi connectivity index (χ3n) is 3.13. The van der Waals surface area contributed by atoms with E-state index in [-0.39, 0.29) is 35.9 Å². The van der Waals surface area contributed by atoms with E-state index in [1.807, 2.05) is 49.7 Å². The molecule has 2 N–H and O–H groups in total. The van der Waals surface area contributed by atoms with Crippen molar-refractivity contribution in [2.45, 2.75) is 32.9 Å². The number of amides is 1. The number of aliphatic imine (C=N–C) groups is 1. The normalized spacial score (nSPS) is 11.2. The summed E-state index contributed by atoms with van der Waals surface area (Å²) in [5, 5.41) is 6.78. The van der Waals surface area contributed by atoms with Crippen molar-refractivity contribution >= 4 is 47.4 Å². The molecule has 1 heterocycles. The highest BCUT2D eigenvalue weighted by atomic mass is 127. The molecule has 0 radical (unpaired) electrons. The van der Waals surface area contributed by atoms with E-state index in [1.54, 1.807) is 7.05 Å². The maximum absolute atomic E-state index is 11.6. The monoisotopic (exact) mass is 455 g/mol. The Morgan fingerprint density at radius 3 is 2.61 bits per heavy atom. The van der Waals surface area contributed by atoms with Crippen molar-refractivity contribution in [3.05, 3.63) is 23.0 Å². The number of halogens is 2. The molecule has 0 spiro atoms. The predicted octanol–water partition coefficient (Wildman–Crippen LogP) is 2.22. The van der Waals surface area contributed by atoms with Crippen molar-refractivity contribution in [3.63, 3.8) is 0 Å². The van der Waals surface area contributed by atoms with Crippen LogP contribution in [0.1, 0.15) is 26.0 Å². The molecule has 0 unspecified atom stereocenters. The number of hydrogen-bond acceptors (Lipinski definition) is 2. The lowest BCUT2D eigenvalue weighted by atomic mass is 10.3. The molecule has 0 saturated carbocycles. The zero-order valence-electron chi connectivity index (χ0n) is 14.4. The number of carbonyl (C=O) groups excluding carboxylic acids is 1.